The molecule has 0 unspecified atom stereocenters. The Labute approximate surface area is 177 Å². The molecule has 3 aromatic carbocycles. The zero-order chi connectivity index (χ0) is 20.9. The van der Waals surface area contributed by atoms with Gasteiger partial charge in [0.15, 0.2) is 0 Å². The number of fused-ring (bicyclic) bond motifs is 3. The second-order valence-electron chi connectivity index (χ2n) is 8.08. The summed E-state index contributed by atoms with van der Waals surface area (Å²) in [6.07, 6.45) is 0.674. The van der Waals surface area contributed by atoms with E-state index in [0.717, 1.165) is 22.3 Å². The molecule has 0 saturated heterocycles. The average Bonchev–Trinajstić information content (AvgIpc) is 3.12. The molecule has 5 rings (SSSR count). The smallest absolute Gasteiger partial charge is 0.244 e. The second kappa shape index (κ2) is 7.11. The Bertz CT molecular complexity index is 1310. The summed E-state index contributed by atoms with van der Waals surface area (Å²) in [6, 6.07) is 24.7. The number of para-hydroxylation sites is 1. The molecule has 0 aliphatic carbocycles. The molecular weight excluding hydrogens is 392 g/mol. The lowest BCUT2D eigenvalue weighted by molar-refractivity contribution is 0.268. The van der Waals surface area contributed by atoms with Gasteiger partial charge >= 0.3 is 0 Å². The third-order valence-electron chi connectivity index (χ3n) is 6.02. The lowest BCUT2D eigenvalue weighted by atomic mass is 9.91. The van der Waals surface area contributed by atoms with E-state index in [-0.39, 0.29) is 6.04 Å². The van der Waals surface area contributed by atoms with Gasteiger partial charge in [0.2, 0.25) is 10.0 Å². The van der Waals surface area contributed by atoms with Crippen LogP contribution in [0.15, 0.2) is 83.8 Å². The Morgan fingerprint density at radius 3 is 2.30 bits per heavy atom. The van der Waals surface area contributed by atoms with Crippen molar-refractivity contribution in [1.29, 1.82) is 0 Å². The SMILES string of the molecule is Cc1ccc(S(=O)(=O)N2[C@@H](c3ccccc3)c3[nH]c4ccccc4c3C[C@H]2C)cc1. The van der Waals surface area contributed by atoms with Crippen molar-refractivity contribution in [2.24, 2.45) is 0 Å². The second-order valence-corrected chi connectivity index (χ2v) is 9.92. The van der Waals surface area contributed by atoms with E-state index >= 15 is 0 Å². The van der Waals surface area contributed by atoms with E-state index in [9.17, 15) is 8.42 Å². The summed E-state index contributed by atoms with van der Waals surface area (Å²) >= 11 is 0. The monoisotopic (exact) mass is 416 g/mol. The van der Waals surface area contributed by atoms with Gasteiger partial charge in [-0.05, 0) is 49.6 Å². The number of aromatic nitrogens is 1. The van der Waals surface area contributed by atoms with Crippen molar-refractivity contribution in [3.05, 3.63) is 101 Å². The van der Waals surface area contributed by atoms with E-state index < -0.39 is 16.1 Å². The van der Waals surface area contributed by atoms with E-state index in [4.69, 9.17) is 0 Å². The van der Waals surface area contributed by atoms with E-state index in [2.05, 4.69) is 17.1 Å². The van der Waals surface area contributed by atoms with Gasteiger partial charge < -0.3 is 4.98 Å². The van der Waals surface area contributed by atoms with Crippen LogP contribution in [0.3, 0.4) is 0 Å². The van der Waals surface area contributed by atoms with Crippen LogP contribution in [0.1, 0.15) is 35.3 Å². The number of nitrogens with zero attached hydrogens (tertiary/aromatic N) is 1. The van der Waals surface area contributed by atoms with Crippen LogP contribution in [0, 0.1) is 6.92 Å². The zero-order valence-corrected chi connectivity index (χ0v) is 17.9. The maximum Gasteiger partial charge on any atom is 0.244 e. The Morgan fingerprint density at radius 1 is 0.900 bits per heavy atom. The first-order valence-electron chi connectivity index (χ1n) is 10.2. The highest BCUT2D eigenvalue weighted by atomic mass is 32.2. The molecule has 1 N–H and O–H groups in total. The van der Waals surface area contributed by atoms with Crippen LogP contribution < -0.4 is 0 Å². The average molecular weight is 417 g/mol. The van der Waals surface area contributed by atoms with Gasteiger partial charge in [-0.15, -0.1) is 0 Å². The number of aromatic amines is 1. The molecule has 0 saturated carbocycles. The molecule has 152 valence electrons. The first kappa shape index (κ1) is 19.1. The third kappa shape index (κ3) is 2.97. The summed E-state index contributed by atoms with van der Waals surface area (Å²) in [7, 11) is -3.69. The normalized spacial score (nSPS) is 19.7. The van der Waals surface area contributed by atoms with Crippen molar-refractivity contribution >= 4 is 20.9 Å². The molecule has 0 radical (unpaired) electrons. The zero-order valence-electron chi connectivity index (χ0n) is 17.0. The molecule has 2 heterocycles. The molecule has 0 bridgehead atoms. The fourth-order valence-corrected chi connectivity index (χ4v) is 6.37. The van der Waals surface area contributed by atoms with Crippen LogP contribution in [0.25, 0.3) is 10.9 Å². The van der Waals surface area contributed by atoms with Crippen molar-refractivity contribution in [2.45, 2.75) is 37.2 Å². The topological polar surface area (TPSA) is 53.2 Å². The van der Waals surface area contributed by atoms with Crippen LogP contribution >= 0.6 is 0 Å². The van der Waals surface area contributed by atoms with Crippen molar-refractivity contribution < 1.29 is 8.42 Å². The first-order valence-corrected chi connectivity index (χ1v) is 11.7. The van der Waals surface area contributed by atoms with E-state index in [1.807, 2.05) is 68.4 Å². The molecule has 0 fully saturated rings. The molecule has 30 heavy (non-hydrogen) atoms. The summed E-state index contributed by atoms with van der Waals surface area (Å²) in [5.74, 6) is 0. The molecule has 0 amide bonds. The highest BCUT2D eigenvalue weighted by Gasteiger charge is 2.42. The Morgan fingerprint density at radius 2 is 1.57 bits per heavy atom. The Hall–Kier alpha value is -2.89. The van der Waals surface area contributed by atoms with Gasteiger partial charge in [-0.1, -0.05) is 66.2 Å². The molecular formula is C25H24N2O2S. The standard InChI is InChI=1S/C25H24N2O2S/c1-17-12-14-20(15-13-17)30(28,29)27-18(2)16-22-21-10-6-7-11-23(21)26-24(22)25(27)19-8-4-3-5-9-19/h3-15,18,25-26H,16H2,1-2H3/t18-,25+/m1/s1. The predicted octanol–water partition coefficient (Wildman–Crippen LogP) is 5.20. The van der Waals surface area contributed by atoms with E-state index in [1.165, 1.54) is 10.9 Å². The van der Waals surface area contributed by atoms with E-state index in [0.29, 0.717) is 11.3 Å². The van der Waals surface area contributed by atoms with Crippen molar-refractivity contribution in [3.63, 3.8) is 0 Å². The van der Waals surface area contributed by atoms with Gasteiger partial charge in [0.05, 0.1) is 10.9 Å². The van der Waals surface area contributed by atoms with Crippen LogP contribution in [-0.2, 0) is 16.4 Å². The van der Waals surface area contributed by atoms with Gasteiger partial charge in [0.1, 0.15) is 0 Å². The Kier molecular flexibility index (Phi) is 4.53. The highest BCUT2D eigenvalue weighted by molar-refractivity contribution is 7.89. The van der Waals surface area contributed by atoms with Gasteiger partial charge in [-0.2, -0.15) is 4.31 Å². The lowest BCUT2D eigenvalue weighted by Gasteiger charge is -2.39. The van der Waals surface area contributed by atoms with E-state index in [1.54, 1.807) is 16.4 Å². The number of aryl methyl sites for hydroxylation is 1. The largest absolute Gasteiger partial charge is 0.357 e. The summed E-state index contributed by atoms with van der Waals surface area (Å²) in [5.41, 5.74) is 5.23. The molecule has 1 aromatic heterocycles. The van der Waals surface area contributed by atoms with Crippen LogP contribution in [-0.4, -0.2) is 23.7 Å². The first-order chi connectivity index (χ1) is 14.5. The lowest BCUT2D eigenvalue weighted by Crippen LogP contribution is -2.46. The number of benzene rings is 3. The number of rotatable bonds is 3. The minimum absolute atomic E-state index is 0.173. The van der Waals surface area contributed by atoms with Crippen LogP contribution in [0.4, 0.5) is 0 Å². The minimum atomic E-state index is -3.69. The van der Waals surface area contributed by atoms with Crippen molar-refractivity contribution in [2.75, 3.05) is 0 Å². The molecule has 2 atom stereocenters. The van der Waals surface area contributed by atoms with Crippen molar-refractivity contribution in [1.82, 2.24) is 9.29 Å². The molecule has 4 nitrogen and oxygen atoms in total. The van der Waals surface area contributed by atoms with Gasteiger partial charge in [0.25, 0.3) is 0 Å². The van der Waals surface area contributed by atoms with Gasteiger partial charge in [-0.25, -0.2) is 8.42 Å². The van der Waals surface area contributed by atoms with Gasteiger partial charge in [-0.3, -0.25) is 0 Å². The summed E-state index contributed by atoms with van der Waals surface area (Å²) in [5, 5.41) is 1.17. The summed E-state index contributed by atoms with van der Waals surface area (Å²) in [4.78, 5) is 3.88. The molecule has 5 heteroatoms. The number of nitrogens with one attached hydrogen (secondary N) is 1. The Balaban J connectivity index is 1.75. The minimum Gasteiger partial charge on any atom is -0.357 e. The quantitative estimate of drug-likeness (QED) is 0.499. The summed E-state index contributed by atoms with van der Waals surface area (Å²) < 4.78 is 29.3. The number of sulfonamides is 1. The third-order valence-corrected chi connectivity index (χ3v) is 8.01. The number of hydrogen-bond acceptors (Lipinski definition) is 2. The fourth-order valence-electron chi connectivity index (χ4n) is 4.60. The maximum atomic E-state index is 13.8. The molecule has 1 aliphatic heterocycles. The highest BCUT2D eigenvalue weighted by Crippen LogP contribution is 2.43. The predicted molar refractivity (Wildman–Crippen MR) is 120 cm³/mol. The fraction of sp³-hybridized carbons (Fsp3) is 0.200. The molecule has 4 aromatic rings. The molecule has 1 aliphatic rings. The van der Waals surface area contributed by atoms with Crippen molar-refractivity contribution in [3.8, 4) is 0 Å². The number of H-pyrrole nitrogens is 1. The van der Waals surface area contributed by atoms with Crippen LogP contribution in [0.2, 0.25) is 0 Å². The van der Waals surface area contributed by atoms with Crippen LogP contribution in [0.5, 0.6) is 0 Å². The van der Waals surface area contributed by atoms with Gasteiger partial charge in [0, 0.05) is 22.6 Å². The molecule has 0 spiro atoms. The maximum absolute atomic E-state index is 13.8. The number of hydrogen-bond donors (Lipinski definition) is 1. The summed E-state index contributed by atoms with van der Waals surface area (Å²) in [6.45, 7) is 3.97.